The Balaban J connectivity index is 1.82. The molecule has 8 nitrogen and oxygen atoms in total. The molecular weight excluding hydrogens is 276 g/mol. The van der Waals surface area contributed by atoms with Gasteiger partial charge in [-0.25, -0.2) is 4.79 Å². The molecular formula is C13H20N4O4. The van der Waals surface area contributed by atoms with E-state index in [0.29, 0.717) is 18.7 Å². The summed E-state index contributed by atoms with van der Waals surface area (Å²) in [6.45, 7) is 3.17. The van der Waals surface area contributed by atoms with Gasteiger partial charge in [-0.15, -0.1) is 0 Å². The molecule has 1 fully saturated rings. The van der Waals surface area contributed by atoms with Crippen LogP contribution in [0.5, 0.6) is 0 Å². The van der Waals surface area contributed by atoms with Crippen LogP contribution in [0.15, 0.2) is 15.8 Å². The molecule has 0 saturated carbocycles. The summed E-state index contributed by atoms with van der Waals surface area (Å²) in [5, 5.41) is 2.74. The maximum absolute atomic E-state index is 12.1. The quantitative estimate of drug-likeness (QED) is 0.601. The molecule has 1 aromatic rings. The molecule has 1 amide bonds. The second-order valence-electron chi connectivity index (χ2n) is 5.09. The van der Waals surface area contributed by atoms with Gasteiger partial charge in [0, 0.05) is 32.9 Å². The van der Waals surface area contributed by atoms with Gasteiger partial charge < -0.3 is 19.9 Å². The molecule has 0 spiro atoms. The van der Waals surface area contributed by atoms with Crippen molar-refractivity contribution in [2.45, 2.75) is 13.0 Å². The minimum absolute atomic E-state index is 0.0660. The Labute approximate surface area is 121 Å². The second-order valence-corrected chi connectivity index (χ2v) is 5.09. The van der Waals surface area contributed by atoms with Crippen molar-refractivity contribution in [1.82, 2.24) is 20.2 Å². The van der Waals surface area contributed by atoms with Crippen molar-refractivity contribution >= 4 is 5.91 Å². The highest BCUT2D eigenvalue weighted by Gasteiger charge is 2.27. The molecule has 21 heavy (non-hydrogen) atoms. The van der Waals surface area contributed by atoms with Gasteiger partial charge in [0.25, 0.3) is 5.56 Å². The van der Waals surface area contributed by atoms with Gasteiger partial charge in [-0.2, -0.15) is 0 Å². The molecule has 2 heterocycles. The summed E-state index contributed by atoms with van der Waals surface area (Å²) in [6, 6.07) is 0. The van der Waals surface area contributed by atoms with E-state index in [1.54, 1.807) is 7.11 Å². The Morgan fingerprint density at radius 1 is 1.52 bits per heavy atom. The van der Waals surface area contributed by atoms with E-state index in [9.17, 15) is 14.4 Å². The van der Waals surface area contributed by atoms with Gasteiger partial charge in [0.2, 0.25) is 5.91 Å². The predicted octanol–water partition coefficient (Wildman–Crippen LogP) is -1.35. The fourth-order valence-corrected chi connectivity index (χ4v) is 2.37. The van der Waals surface area contributed by atoms with Crippen molar-refractivity contribution in [2.24, 2.45) is 5.92 Å². The van der Waals surface area contributed by atoms with Crippen LogP contribution >= 0.6 is 0 Å². The predicted molar refractivity (Wildman–Crippen MR) is 76.0 cm³/mol. The van der Waals surface area contributed by atoms with Crippen LogP contribution in [0.3, 0.4) is 0 Å². The highest BCUT2D eigenvalue weighted by Crippen LogP contribution is 2.15. The molecule has 1 aliphatic rings. The summed E-state index contributed by atoms with van der Waals surface area (Å²) < 4.78 is 5.02. The van der Waals surface area contributed by atoms with E-state index in [4.69, 9.17) is 4.74 Å². The molecule has 2 rings (SSSR count). The Kier molecular flexibility index (Phi) is 5.29. The van der Waals surface area contributed by atoms with Crippen molar-refractivity contribution < 1.29 is 9.53 Å². The lowest BCUT2D eigenvalue weighted by atomic mass is 10.1. The van der Waals surface area contributed by atoms with E-state index in [2.05, 4.69) is 20.2 Å². The smallest absolute Gasteiger partial charge is 0.325 e. The molecule has 0 bridgehead atoms. The normalized spacial score (nSPS) is 18.8. The third kappa shape index (κ3) is 4.27. The van der Waals surface area contributed by atoms with Gasteiger partial charge in [-0.1, -0.05) is 0 Å². The van der Waals surface area contributed by atoms with Crippen LogP contribution in [0, 0.1) is 5.92 Å². The number of nitrogens with one attached hydrogen (secondary N) is 3. The lowest BCUT2D eigenvalue weighted by Gasteiger charge is -2.15. The first-order valence-corrected chi connectivity index (χ1v) is 6.90. The molecule has 1 saturated heterocycles. The van der Waals surface area contributed by atoms with Crippen molar-refractivity contribution in [2.75, 3.05) is 33.4 Å². The minimum Gasteiger partial charge on any atom is -0.383 e. The van der Waals surface area contributed by atoms with E-state index in [1.807, 2.05) is 0 Å². The van der Waals surface area contributed by atoms with Crippen molar-refractivity contribution in [3.8, 4) is 0 Å². The number of likely N-dealkylation sites (tertiary alicyclic amines) is 1. The Bertz CT molecular complexity index is 594. The van der Waals surface area contributed by atoms with Gasteiger partial charge in [0.1, 0.15) is 0 Å². The van der Waals surface area contributed by atoms with Crippen LogP contribution in [-0.4, -0.2) is 54.1 Å². The summed E-state index contributed by atoms with van der Waals surface area (Å²) in [7, 11) is 1.65. The average Bonchev–Trinajstić information content (AvgIpc) is 2.93. The van der Waals surface area contributed by atoms with Gasteiger partial charge in [0.05, 0.1) is 18.1 Å². The van der Waals surface area contributed by atoms with Gasteiger partial charge in [0.15, 0.2) is 0 Å². The topological polar surface area (TPSA) is 107 Å². The summed E-state index contributed by atoms with van der Waals surface area (Å²) >= 11 is 0. The van der Waals surface area contributed by atoms with E-state index in [-0.39, 0.29) is 18.4 Å². The second kappa shape index (κ2) is 7.19. The fourth-order valence-electron chi connectivity index (χ4n) is 2.37. The van der Waals surface area contributed by atoms with Crippen molar-refractivity contribution in [3.05, 3.63) is 32.6 Å². The number of ether oxygens (including phenoxy) is 1. The number of aromatic amines is 2. The number of H-pyrrole nitrogens is 2. The first kappa shape index (κ1) is 15.5. The number of rotatable bonds is 6. The number of aromatic nitrogens is 2. The van der Waals surface area contributed by atoms with Crippen molar-refractivity contribution in [3.63, 3.8) is 0 Å². The zero-order chi connectivity index (χ0) is 15.2. The third-order valence-corrected chi connectivity index (χ3v) is 3.60. The summed E-state index contributed by atoms with van der Waals surface area (Å²) in [5.41, 5.74) is -0.705. The van der Waals surface area contributed by atoms with Crippen LogP contribution in [0.2, 0.25) is 0 Å². The maximum Gasteiger partial charge on any atom is 0.325 e. The van der Waals surface area contributed by atoms with Gasteiger partial charge in [-0.05, 0) is 13.0 Å². The summed E-state index contributed by atoms with van der Waals surface area (Å²) in [4.78, 5) is 41.1. The molecule has 1 aromatic heterocycles. The number of carbonyl (C=O) groups is 1. The lowest BCUT2D eigenvalue weighted by Crippen LogP contribution is -2.35. The molecule has 8 heteroatoms. The minimum atomic E-state index is -0.556. The zero-order valence-electron chi connectivity index (χ0n) is 12.0. The summed E-state index contributed by atoms with van der Waals surface area (Å²) in [5.74, 6) is -0.135. The van der Waals surface area contributed by atoms with Crippen LogP contribution in [0.4, 0.5) is 0 Å². The Hall–Kier alpha value is -1.93. The van der Waals surface area contributed by atoms with Crippen molar-refractivity contribution in [1.29, 1.82) is 0 Å². The van der Waals surface area contributed by atoms with Gasteiger partial charge in [-0.3, -0.25) is 14.6 Å². The molecule has 0 unspecified atom stereocenters. The molecule has 0 aromatic carbocycles. The number of methoxy groups -OCH3 is 1. The number of carbonyl (C=O) groups excluding carboxylic acids is 1. The SMILES string of the molecule is COCCN1CC[C@H](C(=O)NCc2c[nH]c(=O)[nH]c2=O)C1. The molecule has 116 valence electrons. The number of amides is 1. The average molecular weight is 296 g/mol. The number of hydrogen-bond donors (Lipinski definition) is 3. The molecule has 3 N–H and O–H groups in total. The Morgan fingerprint density at radius 3 is 3.05 bits per heavy atom. The maximum atomic E-state index is 12.1. The van der Waals surface area contributed by atoms with E-state index in [0.717, 1.165) is 19.5 Å². The Morgan fingerprint density at radius 2 is 2.33 bits per heavy atom. The first-order valence-electron chi connectivity index (χ1n) is 6.90. The molecule has 0 radical (unpaired) electrons. The van der Waals surface area contributed by atoms with Crippen LogP contribution in [0.25, 0.3) is 0 Å². The zero-order valence-corrected chi connectivity index (χ0v) is 12.0. The third-order valence-electron chi connectivity index (χ3n) is 3.60. The van der Waals surface area contributed by atoms with Crippen LogP contribution < -0.4 is 16.6 Å². The van der Waals surface area contributed by atoms with E-state index < -0.39 is 11.2 Å². The molecule has 1 atom stereocenters. The largest absolute Gasteiger partial charge is 0.383 e. The number of hydrogen-bond acceptors (Lipinski definition) is 5. The van der Waals surface area contributed by atoms with Gasteiger partial charge >= 0.3 is 5.69 Å². The number of nitrogens with zero attached hydrogens (tertiary/aromatic N) is 1. The lowest BCUT2D eigenvalue weighted by molar-refractivity contribution is -0.124. The molecule has 1 aliphatic heterocycles. The van der Waals surface area contributed by atoms with Crippen LogP contribution in [0.1, 0.15) is 12.0 Å². The fraction of sp³-hybridized carbons (Fsp3) is 0.615. The van der Waals surface area contributed by atoms with Crippen LogP contribution in [-0.2, 0) is 16.1 Å². The summed E-state index contributed by atoms with van der Waals surface area (Å²) in [6.07, 6.45) is 2.12. The monoisotopic (exact) mass is 296 g/mol. The van der Waals surface area contributed by atoms with E-state index >= 15 is 0 Å². The van der Waals surface area contributed by atoms with E-state index in [1.165, 1.54) is 6.20 Å². The highest BCUT2D eigenvalue weighted by atomic mass is 16.5. The highest BCUT2D eigenvalue weighted by molar-refractivity contribution is 5.79. The first-order chi connectivity index (χ1) is 10.1. The molecule has 0 aliphatic carbocycles. The standard InChI is InChI=1S/C13H20N4O4/c1-21-5-4-17-3-2-9(8-17)11(18)14-6-10-7-15-13(20)16-12(10)19/h7,9H,2-6,8H2,1H3,(H,14,18)(H2,15,16,19,20)/t9-/m0/s1.